The van der Waals surface area contributed by atoms with E-state index < -0.39 is 0 Å². The first-order valence-electron chi connectivity index (χ1n) is 5.89. The number of amides is 1. The molecular weight excluding hydrogens is 280 g/mol. The zero-order valence-electron chi connectivity index (χ0n) is 10.3. The van der Waals surface area contributed by atoms with Gasteiger partial charge < -0.3 is 10.6 Å². The lowest BCUT2D eigenvalue weighted by Gasteiger charge is -2.14. The number of halogens is 1. The van der Waals surface area contributed by atoms with E-state index in [1.165, 1.54) is 0 Å². The molecule has 1 amide bonds. The minimum Gasteiger partial charge on any atom is -0.350 e. The van der Waals surface area contributed by atoms with Gasteiger partial charge in [-0.3, -0.25) is 4.79 Å². The van der Waals surface area contributed by atoms with Crippen LogP contribution in [-0.4, -0.2) is 19.0 Å². The summed E-state index contributed by atoms with van der Waals surface area (Å²) in [6, 6.07) is 8.04. The van der Waals surface area contributed by atoms with Crippen molar-refractivity contribution in [2.75, 3.05) is 13.1 Å². The Kier molecular flexibility index (Phi) is 6.22. The third-order valence-corrected chi connectivity index (χ3v) is 3.06. The van der Waals surface area contributed by atoms with Gasteiger partial charge in [-0.2, -0.15) is 0 Å². The van der Waals surface area contributed by atoms with E-state index in [4.69, 9.17) is 0 Å². The van der Waals surface area contributed by atoms with Gasteiger partial charge in [0.25, 0.3) is 0 Å². The lowest BCUT2D eigenvalue weighted by molar-refractivity contribution is -0.121. The topological polar surface area (TPSA) is 41.1 Å². The van der Waals surface area contributed by atoms with Crippen molar-refractivity contribution in [3.05, 3.63) is 34.3 Å². The molecule has 0 aliphatic rings. The Balaban J connectivity index is 2.40. The van der Waals surface area contributed by atoms with Crippen LogP contribution in [-0.2, 0) is 4.79 Å². The summed E-state index contributed by atoms with van der Waals surface area (Å²) in [5.41, 5.74) is 1.12. The molecule has 0 unspecified atom stereocenters. The van der Waals surface area contributed by atoms with E-state index in [2.05, 4.69) is 26.6 Å². The minimum atomic E-state index is 0.0530. The van der Waals surface area contributed by atoms with Crippen LogP contribution in [0, 0.1) is 0 Å². The van der Waals surface area contributed by atoms with Gasteiger partial charge >= 0.3 is 0 Å². The molecule has 1 atom stereocenters. The Labute approximate surface area is 111 Å². The summed E-state index contributed by atoms with van der Waals surface area (Å²) in [4.78, 5) is 11.6. The van der Waals surface area contributed by atoms with E-state index in [1.54, 1.807) is 0 Å². The third-order valence-electron chi connectivity index (χ3n) is 2.53. The Hall–Kier alpha value is -0.870. The van der Waals surface area contributed by atoms with Crippen molar-refractivity contribution in [2.24, 2.45) is 0 Å². The molecular formula is C13H19BrN2O. The van der Waals surface area contributed by atoms with E-state index in [-0.39, 0.29) is 11.9 Å². The van der Waals surface area contributed by atoms with E-state index in [0.29, 0.717) is 6.42 Å². The van der Waals surface area contributed by atoms with Gasteiger partial charge in [0.05, 0.1) is 6.04 Å². The molecule has 0 bridgehead atoms. The van der Waals surface area contributed by atoms with Gasteiger partial charge in [0.1, 0.15) is 0 Å². The molecule has 0 saturated heterocycles. The Morgan fingerprint density at radius 2 is 2.00 bits per heavy atom. The fourth-order valence-electron chi connectivity index (χ4n) is 1.53. The lowest BCUT2D eigenvalue weighted by atomic mass is 10.1. The summed E-state index contributed by atoms with van der Waals surface area (Å²) in [7, 11) is 0. The van der Waals surface area contributed by atoms with Crippen LogP contribution in [0.15, 0.2) is 28.7 Å². The third kappa shape index (κ3) is 5.33. The minimum absolute atomic E-state index is 0.0530. The van der Waals surface area contributed by atoms with Gasteiger partial charge in [-0.05, 0) is 31.2 Å². The number of carbonyl (C=O) groups is 1. The summed E-state index contributed by atoms with van der Waals surface area (Å²) in [6.45, 7) is 5.65. The first-order chi connectivity index (χ1) is 8.13. The molecule has 0 fully saturated rings. The summed E-state index contributed by atoms with van der Waals surface area (Å²) in [5.74, 6) is 0.0846. The highest BCUT2D eigenvalue weighted by atomic mass is 79.9. The molecule has 4 heteroatoms. The van der Waals surface area contributed by atoms with Crippen molar-refractivity contribution >= 4 is 21.8 Å². The first kappa shape index (κ1) is 14.2. The van der Waals surface area contributed by atoms with Crippen molar-refractivity contribution in [3.63, 3.8) is 0 Å². The van der Waals surface area contributed by atoms with Crippen molar-refractivity contribution in [1.82, 2.24) is 10.6 Å². The normalized spacial score (nSPS) is 12.2. The molecule has 0 radical (unpaired) electrons. The molecule has 1 aromatic carbocycles. The fraction of sp³-hybridized carbons (Fsp3) is 0.462. The summed E-state index contributed by atoms with van der Waals surface area (Å²) < 4.78 is 1.05. The average Bonchev–Trinajstić information content (AvgIpc) is 2.30. The van der Waals surface area contributed by atoms with Gasteiger partial charge in [0.2, 0.25) is 5.91 Å². The van der Waals surface area contributed by atoms with Crippen molar-refractivity contribution in [1.29, 1.82) is 0 Å². The van der Waals surface area contributed by atoms with Crippen molar-refractivity contribution in [2.45, 2.75) is 26.3 Å². The highest BCUT2D eigenvalue weighted by Crippen LogP contribution is 2.16. The molecule has 2 N–H and O–H groups in total. The second-order valence-corrected chi connectivity index (χ2v) is 4.86. The van der Waals surface area contributed by atoms with Gasteiger partial charge in [-0.1, -0.05) is 35.0 Å². The van der Waals surface area contributed by atoms with Crippen LogP contribution < -0.4 is 10.6 Å². The maximum atomic E-state index is 11.6. The summed E-state index contributed by atoms with van der Waals surface area (Å²) >= 11 is 3.39. The molecule has 0 aromatic heterocycles. The van der Waals surface area contributed by atoms with Gasteiger partial charge in [0.15, 0.2) is 0 Å². The van der Waals surface area contributed by atoms with Crippen LogP contribution in [0.1, 0.15) is 31.9 Å². The molecule has 0 spiro atoms. The van der Waals surface area contributed by atoms with Crippen LogP contribution >= 0.6 is 15.9 Å². The summed E-state index contributed by atoms with van der Waals surface area (Å²) in [6.07, 6.45) is 0.523. The maximum absolute atomic E-state index is 11.6. The molecule has 0 aliphatic carbocycles. The van der Waals surface area contributed by atoms with E-state index in [1.807, 2.05) is 38.1 Å². The average molecular weight is 299 g/mol. The SMILES string of the molecule is CCNCCC(=O)N[C@H](C)c1ccc(Br)cc1. The second kappa shape index (κ2) is 7.45. The van der Waals surface area contributed by atoms with Crippen LogP contribution in [0.3, 0.4) is 0 Å². The number of carbonyl (C=O) groups excluding carboxylic acids is 1. The van der Waals surface area contributed by atoms with Crippen molar-refractivity contribution < 1.29 is 4.79 Å². The molecule has 0 saturated carbocycles. The number of hydrogen-bond acceptors (Lipinski definition) is 2. The molecule has 3 nitrogen and oxygen atoms in total. The smallest absolute Gasteiger partial charge is 0.221 e. The quantitative estimate of drug-likeness (QED) is 0.793. The molecule has 1 aromatic rings. The zero-order chi connectivity index (χ0) is 12.7. The highest BCUT2D eigenvalue weighted by Gasteiger charge is 2.08. The first-order valence-corrected chi connectivity index (χ1v) is 6.68. The Morgan fingerprint density at radius 3 is 2.59 bits per heavy atom. The number of nitrogens with one attached hydrogen (secondary N) is 2. The standard InChI is InChI=1S/C13H19BrN2O/c1-3-15-9-8-13(17)16-10(2)11-4-6-12(14)7-5-11/h4-7,10,15H,3,8-9H2,1-2H3,(H,16,17)/t10-/m1/s1. The molecule has 0 aliphatic heterocycles. The van der Waals surface area contributed by atoms with E-state index >= 15 is 0 Å². The van der Waals surface area contributed by atoms with Gasteiger partial charge in [-0.25, -0.2) is 0 Å². The van der Waals surface area contributed by atoms with E-state index in [9.17, 15) is 4.79 Å². The Morgan fingerprint density at radius 1 is 1.35 bits per heavy atom. The monoisotopic (exact) mass is 298 g/mol. The lowest BCUT2D eigenvalue weighted by Crippen LogP contribution is -2.29. The largest absolute Gasteiger partial charge is 0.350 e. The predicted molar refractivity (Wildman–Crippen MR) is 73.9 cm³/mol. The number of rotatable bonds is 6. The fourth-order valence-corrected chi connectivity index (χ4v) is 1.79. The predicted octanol–water partition coefficient (Wildman–Crippen LogP) is 2.63. The van der Waals surface area contributed by atoms with Gasteiger partial charge in [0, 0.05) is 17.4 Å². The van der Waals surface area contributed by atoms with Crippen LogP contribution in [0.25, 0.3) is 0 Å². The molecule has 1 rings (SSSR count). The van der Waals surface area contributed by atoms with Crippen LogP contribution in [0.4, 0.5) is 0 Å². The number of hydrogen-bond donors (Lipinski definition) is 2. The molecule has 94 valence electrons. The van der Waals surface area contributed by atoms with Crippen LogP contribution in [0.5, 0.6) is 0 Å². The summed E-state index contributed by atoms with van der Waals surface area (Å²) in [5, 5.41) is 6.11. The van der Waals surface area contributed by atoms with Crippen LogP contribution in [0.2, 0.25) is 0 Å². The Bertz CT molecular complexity index is 351. The second-order valence-electron chi connectivity index (χ2n) is 3.94. The maximum Gasteiger partial charge on any atom is 0.221 e. The van der Waals surface area contributed by atoms with E-state index in [0.717, 1.165) is 23.1 Å². The number of benzene rings is 1. The highest BCUT2D eigenvalue weighted by molar-refractivity contribution is 9.10. The molecule has 17 heavy (non-hydrogen) atoms. The zero-order valence-corrected chi connectivity index (χ0v) is 11.9. The van der Waals surface area contributed by atoms with Gasteiger partial charge in [-0.15, -0.1) is 0 Å². The molecule has 0 heterocycles. The van der Waals surface area contributed by atoms with Crippen molar-refractivity contribution in [3.8, 4) is 0 Å².